The molecule has 1 fully saturated rings. The zero-order chi connectivity index (χ0) is 13.4. The van der Waals surface area contributed by atoms with Crippen LogP contribution >= 0.6 is 0 Å². The van der Waals surface area contributed by atoms with Gasteiger partial charge in [-0.25, -0.2) is 0 Å². The van der Waals surface area contributed by atoms with Crippen molar-refractivity contribution in [2.75, 3.05) is 66.5 Å². The third-order valence-corrected chi connectivity index (χ3v) is 3.73. The van der Waals surface area contributed by atoms with Crippen LogP contribution in [0.1, 0.15) is 19.8 Å². The zero-order valence-corrected chi connectivity index (χ0v) is 12.6. The van der Waals surface area contributed by atoms with Crippen LogP contribution in [0.5, 0.6) is 0 Å². The van der Waals surface area contributed by atoms with Gasteiger partial charge in [0.15, 0.2) is 0 Å². The summed E-state index contributed by atoms with van der Waals surface area (Å²) in [5, 5.41) is 0. The number of hydrogen-bond donors (Lipinski definition) is 1. The topological polar surface area (TPSA) is 35.7 Å². The van der Waals surface area contributed by atoms with E-state index in [1.54, 1.807) is 0 Å². The van der Waals surface area contributed by atoms with Crippen molar-refractivity contribution in [1.82, 2.24) is 14.7 Å². The molecular formula is C14H32N4. The van der Waals surface area contributed by atoms with E-state index in [9.17, 15) is 0 Å². The Morgan fingerprint density at radius 2 is 1.78 bits per heavy atom. The van der Waals surface area contributed by atoms with Crippen molar-refractivity contribution in [3.8, 4) is 0 Å². The van der Waals surface area contributed by atoms with Gasteiger partial charge in [-0.15, -0.1) is 0 Å². The van der Waals surface area contributed by atoms with Crippen LogP contribution in [-0.2, 0) is 0 Å². The van der Waals surface area contributed by atoms with Crippen molar-refractivity contribution in [3.63, 3.8) is 0 Å². The Bertz CT molecular complexity index is 208. The molecule has 0 spiro atoms. The second-order valence-electron chi connectivity index (χ2n) is 5.99. The second kappa shape index (κ2) is 8.86. The lowest BCUT2D eigenvalue weighted by atomic mass is 10.1. The Kier molecular flexibility index (Phi) is 7.82. The summed E-state index contributed by atoms with van der Waals surface area (Å²) in [4.78, 5) is 7.48. The van der Waals surface area contributed by atoms with Gasteiger partial charge in [0.05, 0.1) is 0 Å². The number of hydrogen-bond acceptors (Lipinski definition) is 4. The van der Waals surface area contributed by atoms with Gasteiger partial charge >= 0.3 is 0 Å². The van der Waals surface area contributed by atoms with Gasteiger partial charge in [0.25, 0.3) is 0 Å². The van der Waals surface area contributed by atoms with Gasteiger partial charge in [-0.05, 0) is 65.6 Å². The summed E-state index contributed by atoms with van der Waals surface area (Å²) >= 11 is 0. The quantitative estimate of drug-likeness (QED) is 0.721. The van der Waals surface area contributed by atoms with Crippen molar-refractivity contribution in [2.45, 2.75) is 19.8 Å². The van der Waals surface area contributed by atoms with E-state index in [0.717, 1.165) is 6.54 Å². The maximum Gasteiger partial charge on any atom is 0.0109 e. The van der Waals surface area contributed by atoms with Gasteiger partial charge in [0.1, 0.15) is 0 Å². The molecule has 2 N–H and O–H groups in total. The Labute approximate surface area is 113 Å². The van der Waals surface area contributed by atoms with Crippen LogP contribution in [0.4, 0.5) is 0 Å². The van der Waals surface area contributed by atoms with Crippen LogP contribution in [0.25, 0.3) is 0 Å². The monoisotopic (exact) mass is 256 g/mol. The molecule has 1 aliphatic rings. The predicted molar refractivity (Wildman–Crippen MR) is 78.9 cm³/mol. The molecule has 4 heteroatoms. The lowest BCUT2D eigenvalue weighted by Gasteiger charge is -2.24. The molecular weight excluding hydrogens is 224 g/mol. The smallest absolute Gasteiger partial charge is 0.0109 e. The zero-order valence-electron chi connectivity index (χ0n) is 12.6. The van der Waals surface area contributed by atoms with E-state index in [4.69, 9.17) is 5.73 Å². The third kappa shape index (κ3) is 6.69. The summed E-state index contributed by atoms with van der Waals surface area (Å²) in [5.74, 6) is 0.630. The third-order valence-electron chi connectivity index (χ3n) is 3.73. The molecule has 108 valence electrons. The first kappa shape index (κ1) is 15.9. The summed E-state index contributed by atoms with van der Waals surface area (Å²) in [6, 6.07) is 0. The molecule has 18 heavy (non-hydrogen) atoms. The normalized spacial score (nSPS) is 21.2. The summed E-state index contributed by atoms with van der Waals surface area (Å²) in [6.07, 6.45) is 2.59. The van der Waals surface area contributed by atoms with Crippen molar-refractivity contribution < 1.29 is 0 Å². The average Bonchev–Trinajstić information content (AvgIpc) is 2.54. The van der Waals surface area contributed by atoms with Crippen LogP contribution in [-0.4, -0.2) is 81.2 Å². The average molecular weight is 256 g/mol. The fraction of sp³-hybridized carbons (Fsp3) is 1.00. The van der Waals surface area contributed by atoms with Crippen LogP contribution < -0.4 is 5.73 Å². The fourth-order valence-electron chi connectivity index (χ4n) is 2.56. The van der Waals surface area contributed by atoms with Crippen LogP contribution in [0.2, 0.25) is 0 Å². The van der Waals surface area contributed by atoms with E-state index in [2.05, 4.69) is 35.7 Å². The highest BCUT2D eigenvalue weighted by Gasteiger charge is 2.15. The molecule has 0 aromatic heterocycles. The molecule has 0 radical (unpaired) electrons. The molecule has 0 aromatic rings. The summed E-state index contributed by atoms with van der Waals surface area (Å²) in [7, 11) is 4.30. The molecule has 0 aromatic carbocycles. The van der Waals surface area contributed by atoms with Crippen LogP contribution in [0, 0.1) is 5.92 Å². The second-order valence-corrected chi connectivity index (χ2v) is 5.99. The molecule has 1 saturated heterocycles. The molecule has 1 aliphatic heterocycles. The maximum atomic E-state index is 5.71. The van der Waals surface area contributed by atoms with E-state index < -0.39 is 0 Å². The van der Waals surface area contributed by atoms with Crippen molar-refractivity contribution in [3.05, 3.63) is 0 Å². The molecule has 0 bridgehead atoms. The summed E-state index contributed by atoms with van der Waals surface area (Å²) in [5.41, 5.74) is 5.71. The molecule has 1 unspecified atom stereocenters. The van der Waals surface area contributed by atoms with Gasteiger partial charge in [-0.3, -0.25) is 0 Å². The number of nitrogens with two attached hydrogens (primary N) is 1. The van der Waals surface area contributed by atoms with Crippen molar-refractivity contribution in [1.29, 1.82) is 0 Å². The largest absolute Gasteiger partial charge is 0.330 e. The van der Waals surface area contributed by atoms with Gasteiger partial charge in [-0.1, -0.05) is 6.92 Å². The Morgan fingerprint density at radius 1 is 1.11 bits per heavy atom. The summed E-state index contributed by atoms with van der Waals surface area (Å²) < 4.78 is 0. The molecule has 0 amide bonds. The van der Waals surface area contributed by atoms with E-state index in [1.807, 2.05) is 0 Å². The highest BCUT2D eigenvalue weighted by atomic mass is 15.2. The predicted octanol–water partition coefficient (Wildman–Crippen LogP) is 0.541. The van der Waals surface area contributed by atoms with Gasteiger partial charge < -0.3 is 20.4 Å². The minimum Gasteiger partial charge on any atom is -0.330 e. The van der Waals surface area contributed by atoms with E-state index in [-0.39, 0.29) is 0 Å². The first-order chi connectivity index (χ1) is 8.61. The fourth-order valence-corrected chi connectivity index (χ4v) is 2.56. The molecule has 0 aliphatic carbocycles. The van der Waals surface area contributed by atoms with Crippen LogP contribution in [0.3, 0.4) is 0 Å². The summed E-state index contributed by atoms with van der Waals surface area (Å²) in [6.45, 7) is 11.6. The molecule has 1 heterocycles. The van der Waals surface area contributed by atoms with E-state index >= 15 is 0 Å². The van der Waals surface area contributed by atoms with Gasteiger partial charge in [0.2, 0.25) is 0 Å². The van der Waals surface area contributed by atoms with Gasteiger partial charge in [-0.2, -0.15) is 0 Å². The highest BCUT2D eigenvalue weighted by molar-refractivity contribution is 4.71. The lowest BCUT2D eigenvalue weighted by Crippen LogP contribution is -2.35. The number of rotatable bonds is 7. The molecule has 4 nitrogen and oxygen atoms in total. The van der Waals surface area contributed by atoms with Gasteiger partial charge in [0, 0.05) is 19.6 Å². The molecule has 0 saturated carbocycles. The maximum absolute atomic E-state index is 5.71. The van der Waals surface area contributed by atoms with E-state index in [1.165, 1.54) is 58.7 Å². The first-order valence-corrected chi connectivity index (χ1v) is 7.41. The number of nitrogens with zero attached hydrogens (tertiary/aromatic N) is 3. The highest BCUT2D eigenvalue weighted by Crippen LogP contribution is 2.06. The minimum absolute atomic E-state index is 0.630. The standard InChI is InChI=1S/C14H32N4/c1-14(12-15)13-18-9-5-8-17(10-11-18)7-4-6-16(2)3/h14H,4-13,15H2,1-3H3. The van der Waals surface area contributed by atoms with Crippen molar-refractivity contribution in [2.24, 2.45) is 11.7 Å². The SMILES string of the molecule is CC(CN)CN1CCCN(CCCN(C)C)CC1. The Hall–Kier alpha value is -0.160. The Balaban J connectivity index is 2.19. The lowest BCUT2D eigenvalue weighted by molar-refractivity contribution is 0.230. The van der Waals surface area contributed by atoms with E-state index in [0.29, 0.717) is 5.92 Å². The van der Waals surface area contributed by atoms with Crippen molar-refractivity contribution >= 4 is 0 Å². The Morgan fingerprint density at radius 3 is 2.44 bits per heavy atom. The minimum atomic E-state index is 0.630. The van der Waals surface area contributed by atoms with Crippen LogP contribution in [0.15, 0.2) is 0 Å². The molecule has 1 rings (SSSR count). The first-order valence-electron chi connectivity index (χ1n) is 7.41. The molecule has 1 atom stereocenters.